The number of amides is 3. The van der Waals surface area contributed by atoms with Crippen molar-refractivity contribution in [2.75, 3.05) is 11.2 Å². The fraction of sp³-hybridized carbons (Fsp3) is 0.200. The summed E-state index contributed by atoms with van der Waals surface area (Å²) in [7, 11) is 0. The second-order valence-corrected chi connectivity index (χ2v) is 3.48. The van der Waals surface area contributed by atoms with Crippen molar-refractivity contribution < 1.29 is 22.8 Å². The Morgan fingerprint density at radius 3 is 2.50 bits per heavy atom. The number of benzene rings is 1. The van der Waals surface area contributed by atoms with E-state index >= 15 is 0 Å². The molecular weight excluding hydrogens is 273 g/mol. The third kappa shape index (κ3) is 4.25. The molecule has 0 saturated carbocycles. The molecule has 0 spiro atoms. The Morgan fingerprint density at radius 2 is 1.94 bits per heavy atom. The molecule has 0 radical (unpaired) electrons. The van der Waals surface area contributed by atoms with Crippen LogP contribution in [0.1, 0.15) is 5.56 Å². The molecule has 2 N–H and O–H groups in total. The molecule has 1 aromatic carbocycles. The molecule has 0 aliphatic carbocycles. The lowest BCUT2D eigenvalue weighted by molar-refractivity contribution is -0.137. The molecule has 0 atom stereocenters. The zero-order valence-electron chi connectivity index (χ0n) is 8.84. The largest absolute Gasteiger partial charge is 0.416 e. The Balaban J connectivity index is 2.74. The molecule has 0 aliphatic rings. The van der Waals surface area contributed by atoms with E-state index in [1.54, 1.807) is 0 Å². The van der Waals surface area contributed by atoms with Gasteiger partial charge in [0.1, 0.15) is 5.88 Å². The molecule has 0 saturated heterocycles. The van der Waals surface area contributed by atoms with E-state index in [1.807, 2.05) is 5.32 Å². The van der Waals surface area contributed by atoms with E-state index in [2.05, 4.69) is 5.32 Å². The van der Waals surface area contributed by atoms with Gasteiger partial charge in [-0.1, -0.05) is 6.07 Å². The average Bonchev–Trinajstić information content (AvgIpc) is 2.27. The Morgan fingerprint density at radius 1 is 1.28 bits per heavy atom. The molecule has 3 amide bonds. The standard InChI is InChI=1S/C10H8ClF3N2O2/c11-5-8(17)16-9(18)15-7-3-1-2-6(4-7)10(12,13)14/h1-4H,5H2,(H2,15,16,17,18). The normalized spacial score (nSPS) is 10.9. The van der Waals surface area contributed by atoms with Crippen LogP contribution in [0.15, 0.2) is 24.3 Å². The number of halogens is 4. The summed E-state index contributed by atoms with van der Waals surface area (Å²) < 4.78 is 37.1. The van der Waals surface area contributed by atoms with Gasteiger partial charge < -0.3 is 5.32 Å². The number of rotatable bonds is 2. The molecule has 0 heterocycles. The van der Waals surface area contributed by atoms with Crippen molar-refractivity contribution in [2.45, 2.75) is 6.18 Å². The SMILES string of the molecule is O=C(CCl)NC(=O)Nc1cccc(C(F)(F)F)c1. The van der Waals surface area contributed by atoms with E-state index < -0.39 is 29.6 Å². The number of urea groups is 1. The Hall–Kier alpha value is -1.76. The molecule has 0 fully saturated rings. The highest BCUT2D eigenvalue weighted by atomic mass is 35.5. The number of imide groups is 1. The van der Waals surface area contributed by atoms with Gasteiger partial charge in [0, 0.05) is 5.69 Å². The number of carbonyl (C=O) groups excluding carboxylic acids is 2. The maximum Gasteiger partial charge on any atom is 0.416 e. The highest BCUT2D eigenvalue weighted by Crippen LogP contribution is 2.30. The van der Waals surface area contributed by atoms with Crippen molar-refractivity contribution in [1.82, 2.24) is 5.32 Å². The molecule has 8 heteroatoms. The molecule has 4 nitrogen and oxygen atoms in total. The summed E-state index contributed by atoms with van der Waals surface area (Å²) in [5.74, 6) is -1.17. The highest BCUT2D eigenvalue weighted by Gasteiger charge is 2.30. The topological polar surface area (TPSA) is 58.2 Å². The monoisotopic (exact) mass is 280 g/mol. The molecule has 18 heavy (non-hydrogen) atoms. The van der Waals surface area contributed by atoms with Crippen LogP contribution in [0.25, 0.3) is 0 Å². The van der Waals surface area contributed by atoms with Crippen molar-refractivity contribution in [2.24, 2.45) is 0 Å². The van der Waals surface area contributed by atoms with Crippen LogP contribution in [-0.2, 0) is 11.0 Å². The zero-order chi connectivity index (χ0) is 13.8. The molecule has 0 bridgehead atoms. The van der Waals surface area contributed by atoms with Gasteiger partial charge in [0.05, 0.1) is 5.56 Å². The van der Waals surface area contributed by atoms with Gasteiger partial charge in [0.2, 0.25) is 5.91 Å². The average molecular weight is 281 g/mol. The van der Waals surface area contributed by atoms with Crippen LogP contribution < -0.4 is 10.6 Å². The predicted octanol–water partition coefficient (Wildman–Crippen LogP) is 2.59. The van der Waals surface area contributed by atoms with Crippen LogP contribution in [0.5, 0.6) is 0 Å². The van der Waals surface area contributed by atoms with E-state index in [1.165, 1.54) is 6.07 Å². The predicted molar refractivity (Wildman–Crippen MR) is 59.3 cm³/mol. The van der Waals surface area contributed by atoms with Gasteiger partial charge in [-0.3, -0.25) is 10.1 Å². The van der Waals surface area contributed by atoms with Crippen LogP contribution >= 0.6 is 11.6 Å². The van der Waals surface area contributed by atoms with E-state index in [4.69, 9.17) is 11.6 Å². The van der Waals surface area contributed by atoms with Crippen molar-refractivity contribution >= 4 is 29.2 Å². The van der Waals surface area contributed by atoms with E-state index in [0.29, 0.717) is 0 Å². The lowest BCUT2D eigenvalue weighted by Crippen LogP contribution is -2.35. The number of alkyl halides is 4. The van der Waals surface area contributed by atoms with Gasteiger partial charge in [0.15, 0.2) is 0 Å². The highest BCUT2D eigenvalue weighted by molar-refractivity contribution is 6.28. The van der Waals surface area contributed by atoms with Crippen molar-refractivity contribution in [3.8, 4) is 0 Å². The van der Waals surface area contributed by atoms with Crippen molar-refractivity contribution in [3.05, 3.63) is 29.8 Å². The minimum atomic E-state index is -4.50. The summed E-state index contributed by atoms with van der Waals surface area (Å²) in [6, 6.07) is 3.08. The van der Waals surface area contributed by atoms with Crippen LogP contribution in [-0.4, -0.2) is 17.8 Å². The third-order valence-corrected chi connectivity index (χ3v) is 2.06. The molecule has 0 aromatic heterocycles. The number of carbonyl (C=O) groups is 2. The minimum Gasteiger partial charge on any atom is -0.308 e. The number of hydrogen-bond acceptors (Lipinski definition) is 2. The van der Waals surface area contributed by atoms with Crippen LogP contribution in [0.3, 0.4) is 0 Å². The fourth-order valence-electron chi connectivity index (χ4n) is 1.10. The van der Waals surface area contributed by atoms with Gasteiger partial charge in [-0.05, 0) is 18.2 Å². The van der Waals surface area contributed by atoms with E-state index in [9.17, 15) is 22.8 Å². The smallest absolute Gasteiger partial charge is 0.308 e. The third-order valence-electron chi connectivity index (χ3n) is 1.82. The Labute approximate surface area is 105 Å². The summed E-state index contributed by atoms with van der Waals surface area (Å²) in [6.07, 6.45) is -4.50. The van der Waals surface area contributed by atoms with Gasteiger partial charge >= 0.3 is 12.2 Å². The van der Waals surface area contributed by atoms with Gasteiger partial charge in [-0.15, -0.1) is 11.6 Å². The molecule has 1 aromatic rings. The van der Waals surface area contributed by atoms with Gasteiger partial charge in [0.25, 0.3) is 0 Å². The first-order chi connectivity index (χ1) is 8.32. The van der Waals surface area contributed by atoms with E-state index in [0.717, 1.165) is 18.2 Å². The summed E-state index contributed by atoms with van der Waals surface area (Å²) >= 11 is 5.14. The maximum atomic E-state index is 12.4. The number of anilines is 1. The van der Waals surface area contributed by atoms with Crippen LogP contribution in [0, 0.1) is 0 Å². The van der Waals surface area contributed by atoms with Crippen LogP contribution in [0.4, 0.5) is 23.7 Å². The van der Waals surface area contributed by atoms with Gasteiger partial charge in [-0.2, -0.15) is 13.2 Å². The summed E-state index contributed by atoms with van der Waals surface area (Å²) in [5.41, 5.74) is -0.978. The Bertz CT molecular complexity index is 463. The molecule has 0 aliphatic heterocycles. The molecule has 98 valence electrons. The summed E-state index contributed by atoms with van der Waals surface area (Å²) in [4.78, 5) is 21.9. The lowest BCUT2D eigenvalue weighted by atomic mass is 10.2. The number of nitrogens with one attached hydrogen (secondary N) is 2. The summed E-state index contributed by atoms with van der Waals surface area (Å²) in [6.45, 7) is 0. The maximum absolute atomic E-state index is 12.4. The lowest BCUT2D eigenvalue weighted by Gasteiger charge is -2.09. The first kappa shape index (κ1) is 14.3. The van der Waals surface area contributed by atoms with E-state index in [-0.39, 0.29) is 5.69 Å². The Kier molecular flexibility index (Phi) is 4.55. The molecule has 1 rings (SSSR count). The molecule has 0 unspecified atom stereocenters. The first-order valence-electron chi connectivity index (χ1n) is 4.67. The minimum absolute atomic E-state index is 0.0790. The van der Waals surface area contributed by atoms with Crippen LogP contribution in [0.2, 0.25) is 0 Å². The van der Waals surface area contributed by atoms with Gasteiger partial charge in [-0.25, -0.2) is 4.79 Å². The first-order valence-corrected chi connectivity index (χ1v) is 5.20. The van der Waals surface area contributed by atoms with Crippen molar-refractivity contribution in [3.63, 3.8) is 0 Å². The number of hydrogen-bond donors (Lipinski definition) is 2. The summed E-state index contributed by atoms with van der Waals surface area (Å²) in [5, 5.41) is 3.92. The second kappa shape index (κ2) is 5.72. The zero-order valence-corrected chi connectivity index (χ0v) is 9.60. The molecular formula is C10H8ClF3N2O2. The quantitative estimate of drug-likeness (QED) is 0.818. The fourth-order valence-corrected chi connectivity index (χ4v) is 1.16. The van der Waals surface area contributed by atoms with Crippen molar-refractivity contribution in [1.29, 1.82) is 0 Å². The second-order valence-electron chi connectivity index (χ2n) is 3.21.